The normalized spacial score (nSPS) is 17.0. The van der Waals surface area contributed by atoms with Gasteiger partial charge in [0.25, 0.3) is 11.8 Å². The fraction of sp³-hybridized carbons (Fsp3) is 0.167. The van der Waals surface area contributed by atoms with Crippen molar-refractivity contribution in [3.05, 3.63) is 96.6 Å². The lowest BCUT2D eigenvalue weighted by Crippen LogP contribution is -2.34. The number of nitrogens with one attached hydrogen (secondary N) is 1. The maximum absolute atomic E-state index is 14.4. The first-order valence-electron chi connectivity index (χ1n) is 10.1. The molecule has 4 rings (SSSR count). The minimum atomic E-state index is -1.47. The quantitative estimate of drug-likeness (QED) is 0.199. The van der Waals surface area contributed by atoms with Gasteiger partial charge in [-0.05, 0) is 53.8 Å². The molecule has 3 aromatic rings. The molecule has 0 saturated carbocycles. The highest BCUT2D eigenvalue weighted by atomic mass is 127. The van der Waals surface area contributed by atoms with Gasteiger partial charge in [-0.1, -0.05) is 17.7 Å². The summed E-state index contributed by atoms with van der Waals surface area (Å²) >= 11 is 14.6. The number of carbonyl (C=O) groups excluding carboxylic acids is 2. The predicted octanol–water partition coefficient (Wildman–Crippen LogP) is 6.43. The molecule has 1 unspecified atom stereocenters. The average molecular weight is 637 g/mol. The van der Waals surface area contributed by atoms with Crippen LogP contribution in [0.4, 0.5) is 23.2 Å². The molecular formula is C24H15Cl2F4IN2O2. The SMILES string of the molecule is CC1(Cl)C(=O)N(Cc2c(F)cccc2Cl)c2cc(C(=O)NCc3c(F)cc(F)cc3F)cc(I)c21. The number of amides is 2. The maximum atomic E-state index is 14.4. The summed E-state index contributed by atoms with van der Waals surface area (Å²) in [5.74, 6) is -5.19. The van der Waals surface area contributed by atoms with Gasteiger partial charge in [0.2, 0.25) is 0 Å². The Morgan fingerprint density at radius 1 is 1.06 bits per heavy atom. The zero-order chi connectivity index (χ0) is 25.7. The first kappa shape index (κ1) is 25.7. The molecule has 0 aromatic heterocycles. The van der Waals surface area contributed by atoms with Gasteiger partial charge in [0.05, 0.1) is 12.2 Å². The van der Waals surface area contributed by atoms with Crippen molar-refractivity contribution >= 4 is 63.3 Å². The maximum Gasteiger partial charge on any atom is 0.252 e. The van der Waals surface area contributed by atoms with E-state index in [2.05, 4.69) is 5.32 Å². The lowest BCUT2D eigenvalue weighted by atomic mass is 10.00. The first-order valence-corrected chi connectivity index (χ1v) is 11.9. The average Bonchev–Trinajstić information content (AvgIpc) is 2.95. The minimum absolute atomic E-state index is 0.0721. The molecule has 4 nitrogen and oxygen atoms in total. The van der Waals surface area contributed by atoms with Crippen LogP contribution in [0.5, 0.6) is 0 Å². The molecule has 0 radical (unpaired) electrons. The Hall–Kier alpha value is -2.37. The number of hydrogen-bond acceptors (Lipinski definition) is 2. The number of alkyl halides is 1. The highest BCUT2D eigenvalue weighted by Gasteiger charge is 2.48. The van der Waals surface area contributed by atoms with E-state index >= 15 is 0 Å². The van der Waals surface area contributed by atoms with Crippen molar-refractivity contribution in [3.8, 4) is 0 Å². The zero-order valence-electron chi connectivity index (χ0n) is 17.9. The molecule has 2 amide bonds. The molecule has 1 N–H and O–H groups in total. The van der Waals surface area contributed by atoms with E-state index in [4.69, 9.17) is 23.2 Å². The van der Waals surface area contributed by atoms with Gasteiger partial charge >= 0.3 is 0 Å². The first-order chi connectivity index (χ1) is 16.4. The van der Waals surface area contributed by atoms with Crippen molar-refractivity contribution in [3.63, 3.8) is 0 Å². The van der Waals surface area contributed by atoms with E-state index in [0.29, 0.717) is 21.3 Å². The van der Waals surface area contributed by atoms with Crippen LogP contribution < -0.4 is 10.2 Å². The monoisotopic (exact) mass is 636 g/mol. The van der Waals surface area contributed by atoms with E-state index in [1.54, 1.807) is 0 Å². The number of fused-ring (bicyclic) bond motifs is 1. The summed E-state index contributed by atoms with van der Waals surface area (Å²) in [6, 6.07) is 8.03. The van der Waals surface area contributed by atoms with Crippen LogP contribution in [0.1, 0.15) is 34.0 Å². The van der Waals surface area contributed by atoms with Crippen molar-refractivity contribution in [2.75, 3.05) is 4.90 Å². The molecule has 3 aromatic carbocycles. The molecular weight excluding hydrogens is 622 g/mol. The van der Waals surface area contributed by atoms with Crippen LogP contribution in [0.15, 0.2) is 42.5 Å². The smallest absolute Gasteiger partial charge is 0.252 e. The van der Waals surface area contributed by atoms with Crippen LogP contribution in [0, 0.1) is 26.8 Å². The summed E-state index contributed by atoms with van der Waals surface area (Å²) in [5, 5.41) is 2.51. The number of carbonyl (C=O) groups is 2. The third kappa shape index (κ3) is 4.73. The van der Waals surface area contributed by atoms with E-state index in [1.807, 2.05) is 22.6 Å². The topological polar surface area (TPSA) is 49.4 Å². The van der Waals surface area contributed by atoms with Gasteiger partial charge in [0.1, 0.15) is 28.1 Å². The van der Waals surface area contributed by atoms with Gasteiger partial charge in [-0.3, -0.25) is 9.59 Å². The summed E-state index contributed by atoms with van der Waals surface area (Å²) < 4.78 is 55.9. The van der Waals surface area contributed by atoms with Crippen molar-refractivity contribution in [2.24, 2.45) is 0 Å². The fourth-order valence-corrected chi connectivity index (χ4v) is 5.71. The Kier molecular flexibility index (Phi) is 7.05. The van der Waals surface area contributed by atoms with Gasteiger partial charge in [-0.15, -0.1) is 11.6 Å². The molecule has 1 heterocycles. The third-order valence-corrected chi connectivity index (χ3v) is 7.20. The summed E-state index contributed by atoms with van der Waals surface area (Å²) in [7, 11) is 0. The van der Waals surface area contributed by atoms with Crippen LogP contribution >= 0.6 is 45.8 Å². The van der Waals surface area contributed by atoms with Crippen molar-refractivity contribution in [2.45, 2.75) is 24.9 Å². The Bertz CT molecular complexity index is 1340. The predicted molar refractivity (Wildman–Crippen MR) is 132 cm³/mol. The van der Waals surface area contributed by atoms with Gasteiger partial charge < -0.3 is 10.2 Å². The molecule has 0 fully saturated rings. The zero-order valence-corrected chi connectivity index (χ0v) is 21.5. The summed E-state index contributed by atoms with van der Waals surface area (Å²) in [4.78, 5) is 25.8. The second kappa shape index (κ2) is 9.59. The molecule has 0 saturated heterocycles. The van der Waals surface area contributed by atoms with Crippen LogP contribution in [0.2, 0.25) is 5.02 Å². The summed E-state index contributed by atoms with van der Waals surface area (Å²) in [6.45, 7) is 0.735. The molecule has 35 heavy (non-hydrogen) atoms. The second-order valence-corrected chi connectivity index (χ2v) is 10.3. The van der Waals surface area contributed by atoms with Gasteiger partial charge in [0, 0.05) is 49.5 Å². The van der Waals surface area contributed by atoms with E-state index in [1.165, 1.54) is 42.2 Å². The summed E-state index contributed by atoms with van der Waals surface area (Å²) in [6.07, 6.45) is 0. The highest BCUT2D eigenvalue weighted by molar-refractivity contribution is 14.1. The van der Waals surface area contributed by atoms with E-state index in [-0.39, 0.29) is 28.4 Å². The lowest BCUT2D eigenvalue weighted by Gasteiger charge is -2.20. The minimum Gasteiger partial charge on any atom is -0.348 e. The van der Waals surface area contributed by atoms with Crippen molar-refractivity contribution < 1.29 is 27.2 Å². The second-order valence-electron chi connectivity index (χ2n) is 7.98. The Balaban J connectivity index is 1.68. The van der Waals surface area contributed by atoms with Gasteiger partial charge in [-0.25, -0.2) is 17.6 Å². The number of benzene rings is 3. The number of hydrogen-bond donors (Lipinski definition) is 1. The largest absolute Gasteiger partial charge is 0.348 e. The molecule has 11 heteroatoms. The third-order valence-electron chi connectivity index (χ3n) is 5.65. The summed E-state index contributed by atoms with van der Waals surface area (Å²) in [5.41, 5.74) is 0.361. The molecule has 0 aliphatic carbocycles. The van der Waals surface area contributed by atoms with Crippen LogP contribution in [-0.4, -0.2) is 11.8 Å². The number of anilines is 1. The van der Waals surface area contributed by atoms with Crippen molar-refractivity contribution in [1.29, 1.82) is 0 Å². The number of halogens is 7. The van der Waals surface area contributed by atoms with E-state index in [9.17, 15) is 27.2 Å². The molecule has 0 spiro atoms. The standard InChI is InChI=1S/C24H15Cl2F4IN2O2/c1-24(26)21-19(31)5-11(22(34)32-9-13-17(29)7-12(27)8-18(13)30)6-20(21)33(23(24)35)10-14-15(25)3-2-4-16(14)28/h2-8H,9-10H2,1H3,(H,32,34). The number of rotatable bonds is 5. The fourth-order valence-electron chi connectivity index (χ4n) is 3.88. The van der Waals surface area contributed by atoms with E-state index in [0.717, 1.165) is 0 Å². The Labute approximate surface area is 221 Å². The molecule has 1 aliphatic heterocycles. The Morgan fingerprint density at radius 2 is 1.71 bits per heavy atom. The van der Waals surface area contributed by atoms with Crippen LogP contribution in [-0.2, 0) is 22.8 Å². The van der Waals surface area contributed by atoms with Crippen LogP contribution in [0.3, 0.4) is 0 Å². The lowest BCUT2D eigenvalue weighted by molar-refractivity contribution is -0.120. The Morgan fingerprint density at radius 3 is 2.34 bits per heavy atom. The number of nitrogens with zero attached hydrogens (tertiary/aromatic N) is 1. The molecule has 1 aliphatic rings. The molecule has 0 bridgehead atoms. The van der Waals surface area contributed by atoms with Gasteiger partial charge in [0.15, 0.2) is 0 Å². The molecule has 182 valence electrons. The highest BCUT2D eigenvalue weighted by Crippen LogP contribution is 2.48. The van der Waals surface area contributed by atoms with Gasteiger partial charge in [-0.2, -0.15) is 0 Å². The molecule has 1 atom stereocenters. The van der Waals surface area contributed by atoms with E-state index < -0.39 is 52.1 Å². The van der Waals surface area contributed by atoms with Crippen LogP contribution in [0.25, 0.3) is 0 Å². The van der Waals surface area contributed by atoms with Crippen molar-refractivity contribution in [1.82, 2.24) is 5.32 Å².